The van der Waals surface area contributed by atoms with E-state index in [-0.39, 0.29) is 129 Å². The molecule has 0 aliphatic rings. The van der Waals surface area contributed by atoms with Crippen LogP contribution >= 0.6 is 0 Å². The van der Waals surface area contributed by atoms with Gasteiger partial charge < -0.3 is 45.6 Å². The fourth-order valence-corrected chi connectivity index (χ4v) is 11.4. The van der Waals surface area contributed by atoms with Crippen molar-refractivity contribution in [3.63, 3.8) is 0 Å². The molecule has 5 aromatic heterocycles. The first-order chi connectivity index (χ1) is 59.5. The summed E-state index contributed by atoms with van der Waals surface area (Å²) in [6.45, 7) is 17.7. The van der Waals surface area contributed by atoms with Gasteiger partial charge in [0.25, 0.3) is 0 Å². The number of hydrogen-bond donors (Lipinski definition) is 6. The third-order valence-electron chi connectivity index (χ3n) is 17.6. The summed E-state index contributed by atoms with van der Waals surface area (Å²) >= 11 is 0. The molecule has 16 aromatic rings. The van der Waals surface area contributed by atoms with Gasteiger partial charge in [0.05, 0.1) is 69.9 Å². The number of aliphatic hydroxyl groups is 6. The maximum Gasteiger partial charge on any atom is 0.105 e. The van der Waals surface area contributed by atoms with E-state index in [0.717, 1.165) is 112 Å². The normalized spacial score (nSPS) is 11.3. The van der Waals surface area contributed by atoms with Crippen molar-refractivity contribution in [3.8, 4) is 124 Å². The molecule has 0 aliphatic carbocycles. The monoisotopic (exact) mass is 2590 g/mol. The van der Waals surface area contributed by atoms with Crippen molar-refractivity contribution in [2.75, 3.05) is 0 Å². The average Bonchev–Trinajstić information content (AvgIpc) is 0.808. The molecule has 0 saturated carbocycles. The summed E-state index contributed by atoms with van der Waals surface area (Å²) < 4.78 is 0. The van der Waals surface area contributed by atoms with Crippen LogP contribution in [-0.4, -0.2) is 98.8 Å². The van der Waals surface area contributed by atoms with Crippen molar-refractivity contribution in [1.82, 2.24) is 49.8 Å². The van der Waals surface area contributed by atoms with Crippen LogP contribution in [0.25, 0.3) is 124 Å². The maximum atomic E-state index is 9.68. The molecule has 0 bridgehead atoms. The second-order valence-corrected chi connectivity index (χ2v) is 29.8. The number of rotatable bonds is 14. The zero-order valence-corrected chi connectivity index (χ0v) is 84.3. The van der Waals surface area contributed by atoms with Crippen LogP contribution in [0.4, 0.5) is 0 Å². The first-order valence-corrected chi connectivity index (χ1v) is 40.0. The minimum absolute atomic E-state index is 0. The molecular weight excluding hydrogens is 2480 g/mol. The van der Waals surface area contributed by atoms with E-state index in [0.29, 0.717) is 5.82 Å². The van der Waals surface area contributed by atoms with Crippen LogP contribution in [0.2, 0.25) is 0 Å². The summed E-state index contributed by atoms with van der Waals surface area (Å²) in [5.74, 6) is 1.27. The first kappa shape index (κ1) is 109. The molecule has 665 valence electrons. The molecule has 0 aliphatic heterocycles. The summed E-state index contributed by atoms with van der Waals surface area (Å²) in [6.07, 6.45) is 16.4. The summed E-state index contributed by atoms with van der Waals surface area (Å²) in [7, 11) is 0. The molecule has 0 spiro atoms. The fraction of sp³-hybridized carbons (Fsp3) is 0.140. The predicted molar refractivity (Wildman–Crippen MR) is 496 cm³/mol. The minimum Gasteiger partial charge on any atom is -0.513 e. The van der Waals surface area contributed by atoms with E-state index in [1.54, 1.807) is 44.8 Å². The SMILES string of the molecule is CC(C)(C)C(O)=CC(O)C(C)(C)C.CC(O)=CC(C)O.CC(O)=CC(C)O.[Ir].[Ir].[Ir].[Ir].[Ir].[c-]1ccc(-c2ccccc2)cc1-c1ncccn1.[c-]1ccccc1-c1ccncn1.[c-]1ccccc1-c1ncc(-c2ccccc2)nc1-c1ccccc1.[c-]1ccccc1-c1ncc(-c2ccccc2)nc1-c1ccccc1.[c-]1ccccc1-c1nccnc1-c1ccccc1. The Kier molecular flexibility index (Phi) is 49.4. The first-order valence-electron chi connectivity index (χ1n) is 40.0. The molecule has 3 atom stereocenters. The Balaban J connectivity index is 0.000000314. The van der Waals surface area contributed by atoms with Crippen molar-refractivity contribution in [2.45, 2.75) is 87.5 Å². The Bertz CT molecular complexity index is 5490. The third kappa shape index (κ3) is 37.1. The van der Waals surface area contributed by atoms with Gasteiger partial charge in [0, 0.05) is 178 Å². The summed E-state index contributed by atoms with van der Waals surface area (Å²) in [5, 5.41) is 53.1. The molecule has 16 rings (SSSR count). The van der Waals surface area contributed by atoms with E-state index >= 15 is 0 Å². The Morgan fingerprint density at radius 1 is 0.305 bits per heavy atom. The molecule has 0 amide bonds. The molecule has 6 N–H and O–H groups in total. The van der Waals surface area contributed by atoms with Gasteiger partial charge in [0.1, 0.15) is 6.33 Å². The van der Waals surface area contributed by atoms with Gasteiger partial charge in [-0.2, -0.15) is 0 Å². The van der Waals surface area contributed by atoms with Crippen molar-refractivity contribution < 1.29 is 131 Å². The van der Waals surface area contributed by atoms with Crippen molar-refractivity contribution in [3.05, 3.63) is 425 Å². The van der Waals surface area contributed by atoms with Crippen LogP contribution in [0.15, 0.2) is 395 Å². The molecule has 128 heavy (non-hydrogen) atoms. The summed E-state index contributed by atoms with van der Waals surface area (Å²) in [4.78, 5) is 44.5. The molecular formula is C107H101Ir5N10O6-5. The number of benzene rings is 11. The van der Waals surface area contributed by atoms with Crippen LogP contribution in [0.5, 0.6) is 0 Å². The minimum atomic E-state index is -0.605. The average molecular weight is 2580 g/mol. The second kappa shape index (κ2) is 58.1. The van der Waals surface area contributed by atoms with E-state index in [1.165, 1.54) is 44.0 Å². The van der Waals surface area contributed by atoms with Crippen LogP contribution in [0, 0.1) is 41.2 Å². The number of aromatic nitrogens is 10. The molecule has 21 heteroatoms. The van der Waals surface area contributed by atoms with Crippen LogP contribution in [0.3, 0.4) is 0 Å². The molecule has 3 unspecified atom stereocenters. The second-order valence-electron chi connectivity index (χ2n) is 29.8. The van der Waals surface area contributed by atoms with Gasteiger partial charge in [-0.05, 0) is 85.4 Å². The van der Waals surface area contributed by atoms with Gasteiger partial charge in [-0.1, -0.05) is 230 Å². The molecule has 5 radical (unpaired) electrons. The Morgan fingerprint density at radius 2 is 0.648 bits per heavy atom. The van der Waals surface area contributed by atoms with E-state index in [9.17, 15) is 10.2 Å². The molecule has 0 saturated heterocycles. The van der Waals surface area contributed by atoms with E-state index < -0.39 is 18.3 Å². The maximum absolute atomic E-state index is 9.68. The molecule has 5 heterocycles. The zero-order valence-electron chi connectivity index (χ0n) is 72.3. The topological polar surface area (TPSA) is 250 Å². The van der Waals surface area contributed by atoms with Gasteiger partial charge in [-0.15, -0.1) is 179 Å². The third-order valence-corrected chi connectivity index (χ3v) is 17.6. The number of allylic oxidation sites excluding steroid dienone is 3. The van der Waals surface area contributed by atoms with E-state index in [4.69, 9.17) is 40.4 Å². The van der Waals surface area contributed by atoms with Crippen molar-refractivity contribution >= 4 is 0 Å². The van der Waals surface area contributed by atoms with Crippen molar-refractivity contribution in [2.24, 2.45) is 10.8 Å². The Morgan fingerprint density at radius 3 is 0.984 bits per heavy atom. The van der Waals surface area contributed by atoms with E-state index in [2.05, 4.69) is 103 Å². The summed E-state index contributed by atoms with van der Waals surface area (Å²) in [6, 6.07) is 118. The number of nitrogens with zero attached hydrogens (tertiary/aromatic N) is 10. The van der Waals surface area contributed by atoms with Gasteiger partial charge in [0.2, 0.25) is 0 Å². The molecule has 16 nitrogen and oxygen atoms in total. The number of aliphatic hydroxyl groups excluding tert-OH is 6. The number of hydrogen-bond acceptors (Lipinski definition) is 16. The van der Waals surface area contributed by atoms with Gasteiger partial charge in [-0.25, -0.2) is 4.98 Å². The quantitative estimate of drug-likeness (QED) is 0.0437. The predicted octanol–water partition coefficient (Wildman–Crippen LogP) is 24.2. The Hall–Kier alpha value is -11.4. The molecule has 0 fully saturated rings. The molecule has 11 aromatic carbocycles. The van der Waals surface area contributed by atoms with Gasteiger partial charge in [-0.3, -0.25) is 29.9 Å². The standard InChI is InChI=1S/2C22H15N2.2C16H11N2.C11H22O2.C10H7N2.2C5H10O2.5Ir/c2*1-4-10-17(11-5-1)20-16-23-21(18-12-6-2-7-13-18)22(24-20)19-14-8-3-9-15-19;1-3-7-13(8-4-1)15-16(18-12-11-17-15)14-9-5-2-6-10-14;1-2-6-13(7-3-1)14-8-4-9-15(12-14)16-17-10-5-11-18-16;1-10(2,3)8(12)7-9(13)11(4,5)6;1-2-4-9(5-3-1)10-6-7-11-8-12-10;2*1-4(6)3-5(2)7;;;;;/h2*1-12,14-16H;1-9,11-12H;1-8,10-12H;7-8,12-13H,1-6H3;1-4,6-8H;2*3-4,6-7H,1-2H3;;;;;/q4*-1;;-1;;;;;;;. The van der Waals surface area contributed by atoms with Crippen LogP contribution < -0.4 is 0 Å². The summed E-state index contributed by atoms with van der Waals surface area (Å²) in [5.41, 5.74) is 19.7. The van der Waals surface area contributed by atoms with Gasteiger partial charge in [0.15, 0.2) is 0 Å². The van der Waals surface area contributed by atoms with Crippen LogP contribution in [0.1, 0.15) is 69.2 Å². The van der Waals surface area contributed by atoms with Gasteiger partial charge >= 0.3 is 0 Å². The smallest absolute Gasteiger partial charge is 0.105 e. The Labute approximate surface area is 820 Å². The van der Waals surface area contributed by atoms with Crippen molar-refractivity contribution in [1.29, 1.82) is 0 Å². The largest absolute Gasteiger partial charge is 0.513 e. The van der Waals surface area contributed by atoms with Crippen LogP contribution in [-0.2, 0) is 101 Å². The zero-order chi connectivity index (χ0) is 87.6. The fourth-order valence-electron chi connectivity index (χ4n) is 11.4. The van der Waals surface area contributed by atoms with E-state index in [1.807, 2.05) is 321 Å².